The smallest absolute Gasteiger partial charge is 0.261 e. The van der Waals surface area contributed by atoms with E-state index in [9.17, 15) is 4.79 Å². The second kappa shape index (κ2) is 7.53. The summed E-state index contributed by atoms with van der Waals surface area (Å²) in [5.74, 6) is 1.43. The molecule has 1 aromatic carbocycles. The number of carbonyl (C=O) groups excluding carboxylic acids is 1. The molecule has 8 heteroatoms. The van der Waals surface area contributed by atoms with E-state index in [-0.39, 0.29) is 18.7 Å². The minimum Gasteiger partial charge on any atom is -0.454 e. The van der Waals surface area contributed by atoms with Crippen molar-refractivity contribution in [2.45, 2.75) is 6.04 Å². The Morgan fingerprint density at radius 1 is 1.28 bits per heavy atom. The van der Waals surface area contributed by atoms with E-state index < -0.39 is 0 Å². The molecular weight excluding hydrogens is 406 g/mol. The van der Waals surface area contributed by atoms with Crippen LogP contribution in [0.25, 0.3) is 0 Å². The van der Waals surface area contributed by atoms with Gasteiger partial charge < -0.3 is 19.7 Å². The van der Waals surface area contributed by atoms with Crippen molar-refractivity contribution >= 4 is 40.0 Å². The van der Waals surface area contributed by atoms with Crippen LogP contribution in [0.1, 0.15) is 20.8 Å². The van der Waals surface area contributed by atoms with Gasteiger partial charge in [0.2, 0.25) is 6.79 Å². The standard InChI is InChI=1S/C21H19N3O3S2/c1-24-14(10-23-21(25)19-3-2-5-29-19)9-22-20(13-4-6-28-11-13)15-7-17-18(8-16(15)24)27-12-26-17/h2-8,11,14H,9-10,12H2,1H3,(H,23,25). The van der Waals surface area contributed by atoms with Gasteiger partial charge in [-0.25, -0.2) is 0 Å². The third-order valence-electron chi connectivity index (χ3n) is 5.17. The summed E-state index contributed by atoms with van der Waals surface area (Å²) in [5, 5.41) is 9.11. The van der Waals surface area contributed by atoms with Gasteiger partial charge in [0.25, 0.3) is 5.91 Å². The maximum atomic E-state index is 12.4. The number of benzene rings is 1. The third-order valence-corrected chi connectivity index (χ3v) is 6.72. The maximum Gasteiger partial charge on any atom is 0.261 e. The number of nitrogens with one attached hydrogen (secondary N) is 1. The van der Waals surface area contributed by atoms with Crippen LogP contribution in [0.2, 0.25) is 0 Å². The number of thiophene rings is 2. The zero-order valence-electron chi connectivity index (χ0n) is 15.8. The lowest BCUT2D eigenvalue weighted by Gasteiger charge is -2.29. The Morgan fingerprint density at radius 3 is 2.90 bits per heavy atom. The molecule has 0 radical (unpaired) electrons. The van der Waals surface area contributed by atoms with Gasteiger partial charge in [-0.3, -0.25) is 9.79 Å². The van der Waals surface area contributed by atoms with Crippen molar-refractivity contribution in [3.63, 3.8) is 0 Å². The highest BCUT2D eigenvalue weighted by atomic mass is 32.1. The molecular formula is C21H19N3O3S2. The summed E-state index contributed by atoms with van der Waals surface area (Å²) in [7, 11) is 2.04. The maximum absolute atomic E-state index is 12.4. The molecule has 148 valence electrons. The largest absolute Gasteiger partial charge is 0.454 e. The first-order valence-electron chi connectivity index (χ1n) is 9.26. The van der Waals surface area contributed by atoms with Crippen molar-refractivity contribution in [2.24, 2.45) is 4.99 Å². The minimum absolute atomic E-state index is 0.0224. The first kappa shape index (κ1) is 18.2. The number of aliphatic imine (C=N–C) groups is 1. The van der Waals surface area contributed by atoms with Crippen molar-refractivity contribution in [3.05, 3.63) is 62.5 Å². The Morgan fingerprint density at radius 2 is 2.14 bits per heavy atom. The number of fused-ring (bicyclic) bond motifs is 2. The summed E-state index contributed by atoms with van der Waals surface area (Å²) in [6.07, 6.45) is 0. The van der Waals surface area contributed by atoms with E-state index in [1.54, 1.807) is 11.3 Å². The molecule has 0 saturated heterocycles. The second-order valence-corrected chi connectivity index (χ2v) is 8.60. The number of nitrogens with zero attached hydrogens (tertiary/aromatic N) is 2. The van der Waals surface area contributed by atoms with E-state index >= 15 is 0 Å². The third kappa shape index (κ3) is 3.38. The summed E-state index contributed by atoms with van der Waals surface area (Å²) < 4.78 is 11.2. The lowest BCUT2D eigenvalue weighted by molar-refractivity contribution is 0.0955. The Hall–Kier alpha value is -2.84. The summed E-state index contributed by atoms with van der Waals surface area (Å²) in [6, 6.07) is 9.84. The van der Waals surface area contributed by atoms with Crippen LogP contribution >= 0.6 is 22.7 Å². The molecule has 3 aromatic rings. The van der Waals surface area contributed by atoms with Crippen LogP contribution in [0.15, 0.2) is 51.5 Å². The van der Waals surface area contributed by atoms with Gasteiger partial charge >= 0.3 is 0 Å². The lowest BCUT2D eigenvalue weighted by atomic mass is 10.0. The number of carbonyl (C=O) groups is 1. The van der Waals surface area contributed by atoms with Gasteiger partial charge in [0.15, 0.2) is 11.5 Å². The molecule has 0 saturated carbocycles. The van der Waals surface area contributed by atoms with Gasteiger partial charge in [0, 0.05) is 36.2 Å². The van der Waals surface area contributed by atoms with E-state index in [0.717, 1.165) is 34.0 Å². The molecule has 0 spiro atoms. The highest BCUT2D eigenvalue weighted by Crippen LogP contribution is 2.40. The topological polar surface area (TPSA) is 63.2 Å². The molecule has 1 N–H and O–H groups in total. The zero-order valence-corrected chi connectivity index (χ0v) is 17.4. The normalized spacial score (nSPS) is 17.5. The Bertz CT molecular complexity index is 1060. The molecule has 1 atom stereocenters. The predicted octanol–water partition coefficient (Wildman–Crippen LogP) is 3.62. The number of hydrogen-bond acceptors (Lipinski definition) is 7. The van der Waals surface area contributed by atoms with Crippen molar-refractivity contribution < 1.29 is 14.3 Å². The van der Waals surface area contributed by atoms with Gasteiger partial charge in [-0.1, -0.05) is 6.07 Å². The number of ether oxygens (including phenoxy) is 2. The lowest BCUT2D eigenvalue weighted by Crippen LogP contribution is -2.43. The van der Waals surface area contributed by atoms with E-state index in [2.05, 4.69) is 27.0 Å². The predicted molar refractivity (Wildman–Crippen MR) is 116 cm³/mol. The fourth-order valence-electron chi connectivity index (χ4n) is 3.57. The molecule has 5 rings (SSSR count). The van der Waals surface area contributed by atoms with Crippen LogP contribution in [0, 0.1) is 0 Å². The molecule has 2 aliphatic rings. The zero-order chi connectivity index (χ0) is 19.8. The number of amides is 1. The Kier molecular flexibility index (Phi) is 4.73. The van der Waals surface area contributed by atoms with Crippen LogP contribution in [0.3, 0.4) is 0 Å². The molecule has 2 aromatic heterocycles. The quantitative estimate of drug-likeness (QED) is 0.694. The van der Waals surface area contributed by atoms with Crippen LogP contribution in [-0.2, 0) is 0 Å². The number of anilines is 1. The number of likely N-dealkylation sites (N-methyl/N-ethyl adjacent to an activating group) is 1. The molecule has 2 aliphatic heterocycles. The van der Waals surface area contributed by atoms with Crippen LogP contribution < -0.4 is 19.7 Å². The van der Waals surface area contributed by atoms with E-state index in [1.807, 2.05) is 36.7 Å². The van der Waals surface area contributed by atoms with Crippen molar-refractivity contribution in [1.82, 2.24) is 5.32 Å². The monoisotopic (exact) mass is 425 g/mol. The molecule has 0 aliphatic carbocycles. The first-order chi connectivity index (χ1) is 14.2. The van der Waals surface area contributed by atoms with Gasteiger partial charge in [0.05, 0.1) is 28.9 Å². The second-order valence-electron chi connectivity index (χ2n) is 6.88. The Labute approximate surface area is 176 Å². The fraction of sp³-hybridized carbons (Fsp3) is 0.238. The SMILES string of the molecule is CN1c2cc3c(cc2C(c2ccsc2)=NCC1CNC(=O)c1cccs1)OCO3. The number of rotatable bonds is 4. The van der Waals surface area contributed by atoms with Gasteiger partial charge in [-0.15, -0.1) is 11.3 Å². The first-order valence-corrected chi connectivity index (χ1v) is 11.1. The van der Waals surface area contributed by atoms with Gasteiger partial charge in [-0.2, -0.15) is 11.3 Å². The van der Waals surface area contributed by atoms with Crippen LogP contribution in [-0.4, -0.2) is 44.6 Å². The van der Waals surface area contributed by atoms with Gasteiger partial charge in [0.1, 0.15) is 0 Å². The fourth-order valence-corrected chi connectivity index (χ4v) is 4.85. The van der Waals surface area contributed by atoms with E-state index in [4.69, 9.17) is 14.5 Å². The highest BCUT2D eigenvalue weighted by molar-refractivity contribution is 7.12. The number of hydrogen-bond donors (Lipinski definition) is 1. The minimum atomic E-state index is -0.0504. The summed E-state index contributed by atoms with van der Waals surface area (Å²) >= 11 is 3.09. The molecule has 0 fully saturated rings. The molecule has 1 unspecified atom stereocenters. The van der Waals surface area contributed by atoms with E-state index in [0.29, 0.717) is 18.0 Å². The Balaban J connectivity index is 1.48. The molecule has 0 bridgehead atoms. The molecule has 6 nitrogen and oxygen atoms in total. The summed E-state index contributed by atoms with van der Waals surface area (Å²) in [4.78, 5) is 20.2. The van der Waals surface area contributed by atoms with Gasteiger partial charge in [-0.05, 0) is 29.0 Å². The van der Waals surface area contributed by atoms with Crippen molar-refractivity contribution in [3.8, 4) is 11.5 Å². The van der Waals surface area contributed by atoms with Crippen molar-refractivity contribution in [2.75, 3.05) is 31.8 Å². The molecule has 4 heterocycles. The molecule has 29 heavy (non-hydrogen) atoms. The average molecular weight is 426 g/mol. The highest BCUT2D eigenvalue weighted by Gasteiger charge is 2.28. The molecule has 1 amide bonds. The van der Waals surface area contributed by atoms with Crippen LogP contribution in [0.5, 0.6) is 11.5 Å². The summed E-state index contributed by atoms with van der Waals surface area (Å²) in [6.45, 7) is 1.31. The average Bonchev–Trinajstić information content (AvgIpc) is 3.49. The summed E-state index contributed by atoms with van der Waals surface area (Å²) in [5.41, 5.74) is 4.07. The van der Waals surface area contributed by atoms with Crippen molar-refractivity contribution in [1.29, 1.82) is 0 Å². The van der Waals surface area contributed by atoms with Crippen LogP contribution in [0.4, 0.5) is 5.69 Å². The van der Waals surface area contributed by atoms with E-state index in [1.165, 1.54) is 11.3 Å².